The van der Waals surface area contributed by atoms with Gasteiger partial charge in [-0.05, 0) is 47.6 Å². The van der Waals surface area contributed by atoms with E-state index >= 15 is 0 Å². The summed E-state index contributed by atoms with van der Waals surface area (Å²) >= 11 is 0. The third-order valence-corrected chi connectivity index (χ3v) is 8.01. The van der Waals surface area contributed by atoms with Gasteiger partial charge in [0.05, 0.1) is 19.1 Å². The lowest BCUT2D eigenvalue weighted by Gasteiger charge is -2.30. The molecule has 2 aromatic rings. The molecule has 6 nitrogen and oxygen atoms in total. The number of aryl methyl sites for hydroxylation is 1. The van der Waals surface area contributed by atoms with Crippen molar-refractivity contribution in [1.82, 2.24) is 9.80 Å². The zero-order valence-electron chi connectivity index (χ0n) is 22.6. The predicted molar refractivity (Wildman–Crippen MR) is 146 cm³/mol. The molecule has 2 aliphatic heterocycles. The molecule has 0 radical (unpaired) electrons. The first kappa shape index (κ1) is 27.2. The van der Waals surface area contributed by atoms with Crippen molar-refractivity contribution >= 4 is 11.9 Å². The topological polar surface area (TPSA) is 70.1 Å². The van der Waals surface area contributed by atoms with E-state index in [2.05, 4.69) is 56.0 Å². The first-order valence-electron chi connectivity index (χ1n) is 14.1. The van der Waals surface area contributed by atoms with Crippen LogP contribution in [-0.4, -0.2) is 59.6 Å². The fourth-order valence-corrected chi connectivity index (χ4v) is 5.85. The molecule has 0 bridgehead atoms. The number of fused-ring (bicyclic) bond motifs is 1. The summed E-state index contributed by atoms with van der Waals surface area (Å²) in [6.45, 7) is 9.37. The van der Waals surface area contributed by atoms with Gasteiger partial charge in [0.25, 0.3) is 0 Å². The SMILES string of the molecule is CCCCN(CCCC)C(=O)CN1CC(c2ccc3c(c2)CCO3)C(C(=O)O)C1c1ccc(CC)cc1. The summed E-state index contributed by atoms with van der Waals surface area (Å²) in [6.07, 6.45) is 5.82. The van der Waals surface area contributed by atoms with Gasteiger partial charge in [-0.2, -0.15) is 0 Å². The van der Waals surface area contributed by atoms with Gasteiger partial charge in [0.15, 0.2) is 0 Å². The van der Waals surface area contributed by atoms with Gasteiger partial charge in [-0.1, -0.05) is 70.0 Å². The van der Waals surface area contributed by atoms with Crippen LogP contribution >= 0.6 is 0 Å². The lowest BCUT2D eigenvalue weighted by Crippen LogP contribution is -2.42. The number of nitrogens with zero attached hydrogens (tertiary/aromatic N) is 2. The first-order valence-corrected chi connectivity index (χ1v) is 14.1. The van der Waals surface area contributed by atoms with E-state index < -0.39 is 11.9 Å². The van der Waals surface area contributed by atoms with Crippen LogP contribution in [0.1, 0.15) is 80.7 Å². The van der Waals surface area contributed by atoms with Crippen molar-refractivity contribution in [2.24, 2.45) is 5.92 Å². The van der Waals surface area contributed by atoms with Crippen LogP contribution in [0.4, 0.5) is 0 Å². The normalized spacial score (nSPS) is 21.0. The summed E-state index contributed by atoms with van der Waals surface area (Å²) in [7, 11) is 0. The number of carbonyl (C=O) groups excluding carboxylic acids is 1. The molecule has 0 aliphatic carbocycles. The number of hydrogen-bond acceptors (Lipinski definition) is 4. The van der Waals surface area contributed by atoms with Gasteiger partial charge < -0.3 is 14.7 Å². The van der Waals surface area contributed by atoms with E-state index in [1.54, 1.807) is 0 Å². The van der Waals surface area contributed by atoms with E-state index in [0.29, 0.717) is 13.2 Å². The van der Waals surface area contributed by atoms with Crippen LogP contribution < -0.4 is 4.74 Å². The van der Waals surface area contributed by atoms with E-state index in [0.717, 1.165) is 74.1 Å². The van der Waals surface area contributed by atoms with E-state index in [1.165, 1.54) is 5.56 Å². The second-order valence-electron chi connectivity index (χ2n) is 10.5. The quantitative estimate of drug-likeness (QED) is 0.414. The van der Waals surface area contributed by atoms with Crippen LogP contribution in [0.25, 0.3) is 0 Å². The molecule has 2 aliphatic rings. The van der Waals surface area contributed by atoms with Crippen LogP contribution in [0, 0.1) is 5.92 Å². The average Bonchev–Trinajstić information content (AvgIpc) is 3.53. The van der Waals surface area contributed by atoms with Gasteiger partial charge in [0.2, 0.25) is 5.91 Å². The number of carboxylic acid groups (broad SMARTS) is 1. The number of carboxylic acids is 1. The second-order valence-corrected chi connectivity index (χ2v) is 10.5. The maximum atomic E-state index is 13.6. The molecule has 3 atom stereocenters. The summed E-state index contributed by atoms with van der Waals surface area (Å²) in [5, 5.41) is 10.5. The first-order chi connectivity index (χ1) is 18.0. The number of benzene rings is 2. The van der Waals surface area contributed by atoms with Gasteiger partial charge in [-0.15, -0.1) is 0 Å². The predicted octanol–water partition coefficient (Wildman–Crippen LogP) is 5.45. The Balaban J connectivity index is 1.67. The molecule has 1 N–H and O–H groups in total. The van der Waals surface area contributed by atoms with Crippen LogP contribution in [0.5, 0.6) is 5.75 Å². The molecular formula is C31H42N2O4. The number of likely N-dealkylation sites (tertiary alicyclic amines) is 1. The van der Waals surface area contributed by atoms with Gasteiger partial charge in [-0.25, -0.2) is 0 Å². The van der Waals surface area contributed by atoms with E-state index in [9.17, 15) is 14.7 Å². The number of hydrogen-bond donors (Lipinski definition) is 1. The lowest BCUT2D eigenvalue weighted by molar-refractivity contribution is -0.144. The average molecular weight is 507 g/mol. The van der Waals surface area contributed by atoms with Crippen LogP contribution in [0.15, 0.2) is 42.5 Å². The Morgan fingerprint density at radius 2 is 1.68 bits per heavy atom. The van der Waals surface area contributed by atoms with Gasteiger partial charge in [0.1, 0.15) is 5.75 Å². The Morgan fingerprint density at radius 1 is 1.00 bits per heavy atom. The van der Waals surface area contributed by atoms with Crippen molar-refractivity contribution < 1.29 is 19.4 Å². The molecular weight excluding hydrogens is 464 g/mol. The minimum Gasteiger partial charge on any atom is -0.493 e. The number of ether oxygens (including phenoxy) is 1. The molecule has 0 saturated carbocycles. The minimum absolute atomic E-state index is 0.101. The zero-order valence-corrected chi connectivity index (χ0v) is 22.6. The fourth-order valence-electron chi connectivity index (χ4n) is 5.85. The van der Waals surface area contributed by atoms with Gasteiger partial charge >= 0.3 is 5.97 Å². The highest BCUT2D eigenvalue weighted by atomic mass is 16.5. The molecule has 4 rings (SSSR count). The molecule has 2 aromatic carbocycles. The van der Waals surface area contributed by atoms with Crippen LogP contribution in [0.2, 0.25) is 0 Å². The summed E-state index contributed by atoms with van der Waals surface area (Å²) in [5.41, 5.74) is 4.36. The van der Waals surface area contributed by atoms with Crippen molar-refractivity contribution in [3.05, 3.63) is 64.7 Å². The third kappa shape index (κ3) is 6.18. The molecule has 200 valence electrons. The molecule has 1 fully saturated rings. The van der Waals surface area contributed by atoms with Gasteiger partial charge in [-0.3, -0.25) is 14.5 Å². The number of unbranched alkanes of at least 4 members (excludes halogenated alkanes) is 2. The Bertz CT molecular complexity index is 1060. The number of rotatable bonds is 12. The Morgan fingerprint density at radius 3 is 2.30 bits per heavy atom. The molecule has 37 heavy (non-hydrogen) atoms. The van der Waals surface area contributed by atoms with E-state index in [1.807, 2.05) is 17.0 Å². The monoisotopic (exact) mass is 506 g/mol. The highest BCUT2D eigenvalue weighted by Crippen LogP contribution is 2.46. The summed E-state index contributed by atoms with van der Waals surface area (Å²) < 4.78 is 5.69. The molecule has 0 spiro atoms. The zero-order chi connectivity index (χ0) is 26.4. The Labute approximate surface area is 221 Å². The van der Waals surface area contributed by atoms with Crippen molar-refractivity contribution in [3.8, 4) is 5.75 Å². The Kier molecular flexibility index (Phi) is 9.25. The lowest BCUT2D eigenvalue weighted by atomic mass is 9.82. The maximum absolute atomic E-state index is 13.6. The standard InChI is InChI=1S/C31H42N2O4/c1-4-7-16-32(17-8-5-2)28(34)21-33-20-26(24-13-14-27-25(19-24)15-18-37-27)29(31(35)36)30(33)23-11-9-22(6-3)10-12-23/h9-14,19,26,29-30H,4-8,15-18,20-21H2,1-3H3,(H,35,36). The van der Waals surface area contributed by atoms with Crippen LogP contribution in [0.3, 0.4) is 0 Å². The van der Waals surface area contributed by atoms with Crippen LogP contribution in [-0.2, 0) is 22.4 Å². The van der Waals surface area contributed by atoms with Crippen molar-refractivity contribution in [2.75, 3.05) is 32.8 Å². The Hall–Kier alpha value is -2.86. The molecule has 1 amide bonds. The highest BCUT2D eigenvalue weighted by molar-refractivity contribution is 5.79. The van der Waals surface area contributed by atoms with Crippen molar-refractivity contribution in [1.29, 1.82) is 0 Å². The smallest absolute Gasteiger partial charge is 0.309 e. The van der Waals surface area contributed by atoms with Gasteiger partial charge in [0, 0.05) is 38.0 Å². The van der Waals surface area contributed by atoms with E-state index in [-0.39, 0.29) is 24.4 Å². The summed E-state index contributed by atoms with van der Waals surface area (Å²) in [4.78, 5) is 30.5. The molecule has 1 saturated heterocycles. The molecule has 2 heterocycles. The van der Waals surface area contributed by atoms with Crippen molar-refractivity contribution in [2.45, 2.75) is 71.3 Å². The summed E-state index contributed by atoms with van der Waals surface area (Å²) in [6, 6.07) is 14.0. The second kappa shape index (κ2) is 12.6. The van der Waals surface area contributed by atoms with E-state index in [4.69, 9.17) is 4.74 Å². The number of carbonyl (C=O) groups is 2. The third-order valence-electron chi connectivity index (χ3n) is 8.01. The minimum atomic E-state index is -0.810. The highest BCUT2D eigenvalue weighted by Gasteiger charge is 2.48. The van der Waals surface area contributed by atoms with Crippen molar-refractivity contribution in [3.63, 3.8) is 0 Å². The molecule has 6 heteroatoms. The maximum Gasteiger partial charge on any atom is 0.309 e. The number of amides is 1. The molecule has 0 aromatic heterocycles. The fraction of sp³-hybridized carbons (Fsp3) is 0.548. The number of aliphatic carboxylic acids is 1. The molecule has 3 unspecified atom stereocenters. The largest absolute Gasteiger partial charge is 0.493 e. The summed E-state index contributed by atoms with van der Waals surface area (Å²) in [5.74, 6) is -0.652.